The minimum Gasteiger partial charge on any atom is -0.495 e. The molecule has 0 fully saturated rings. The summed E-state index contributed by atoms with van der Waals surface area (Å²) in [5.41, 5.74) is 2.35. The lowest BCUT2D eigenvalue weighted by Crippen LogP contribution is -2.15. The zero-order valence-electron chi connectivity index (χ0n) is 10.1. The van der Waals surface area contributed by atoms with Crippen LogP contribution >= 0.6 is 0 Å². The average molecular weight is 207 g/mol. The average Bonchev–Trinajstić information content (AvgIpc) is 2.18. The second-order valence-corrected chi connectivity index (χ2v) is 4.04. The predicted molar refractivity (Wildman–Crippen MR) is 65.7 cm³/mol. The van der Waals surface area contributed by atoms with Gasteiger partial charge in [-0.05, 0) is 38.0 Å². The van der Waals surface area contributed by atoms with Crippen molar-refractivity contribution in [1.82, 2.24) is 0 Å². The lowest BCUT2D eigenvalue weighted by molar-refractivity contribution is 0.415. The summed E-state index contributed by atoms with van der Waals surface area (Å²) in [5.74, 6) is 0.920. The van der Waals surface area contributed by atoms with Crippen LogP contribution in [0.15, 0.2) is 18.2 Å². The zero-order chi connectivity index (χ0) is 11.3. The number of nitrogens with one attached hydrogen (secondary N) is 1. The van der Waals surface area contributed by atoms with E-state index in [2.05, 4.69) is 38.2 Å². The first-order chi connectivity index (χ1) is 7.17. The van der Waals surface area contributed by atoms with E-state index in [-0.39, 0.29) is 0 Å². The molecule has 1 aromatic carbocycles. The topological polar surface area (TPSA) is 21.3 Å². The highest BCUT2D eigenvalue weighted by molar-refractivity contribution is 5.58. The lowest BCUT2D eigenvalue weighted by atomic mass is 10.1. The van der Waals surface area contributed by atoms with Crippen molar-refractivity contribution in [2.24, 2.45) is 0 Å². The Kier molecular flexibility index (Phi) is 4.47. The first-order valence-electron chi connectivity index (χ1n) is 5.58. The normalized spacial score (nSPS) is 12.3. The Bertz CT molecular complexity index is 309. The van der Waals surface area contributed by atoms with E-state index in [1.54, 1.807) is 7.11 Å². The van der Waals surface area contributed by atoms with Gasteiger partial charge in [-0.25, -0.2) is 0 Å². The van der Waals surface area contributed by atoms with Gasteiger partial charge in [-0.2, -0.15) is 0 Å². The van der Waals surface area contributed by atoms with E-state index in [0.717, 1.165) is 11.4 Å². The van der Waals surface area contributed by atoms with Crippen molar-refractivity contribution in [1.29, 1.82) is 0 Å². The molecule has 0 unspecified atom stereocenters. The number of benzene rings is 1. The summed E-state index contributed by atoms with van der Waals surface area (Å²) in [4.78, 5) is 0. The fraction of sp³-hybridized carbons (Fsp3) is 0.538. The molecule has 0 heterocycles. The van der Waals surface area contributed by atoms with Crippen LogP contribution in [0.4, 0.5) is 5.69 Å². The monoisotopic (exact) mass is 207 g/mol. The van der Waals surface area contributed by atoms with E-state index in [9.17, 15) is 0 Å². The molecule has 2 heteroatoms. The number of ether oxygens (including phenoxy) is 1. The molecule has 2 nitrogen and oxygen atoms in total. The number of hydrogen-bond donors (Lipinski definition) is 1. The Morgan fingerprint density at radius 3 is 2.73 bits per heavy atom. The molecule has 0 aliphatic carbocycles. The maximum Gasteiger partial charge on any atom is 0.141 e. The summed E-state index contributed by atoms with van der Waals surface area (Å²) >= 11 is 0. The van der Waals surface area contributed by atoms with Gasteiger partial charge in [-0.3, -0.25) is 0 Å². The minimum absolute atomic E-state index is 0.491. The molecule has 1 aromatic rings. The smallest absolute Gasteiger partial charge is 0.141 e. The molecule has 0 saturated carbocycles. The summed E-state index contributed by atoms with van der Waals surface area (Å²) in [5, 5.41) is 3.48. The molecular formula is C13H21NO. The molecule has 0 bridgehead atoms. The largest absolute Gasteiger partial charge is 0.495 e. The summed E-state index contributed by atoms with van der Waals surface area (Å²) in [6.07, 6.45) is 2.37. The molecule has 1 rings (SSSR count). The van der Waals surface area contributed by atoms with E-state index in [0.29, 0.717) is 6.04 Å². The highest BCUT2D eigenvalue weighted by Gasteiger charge is 2.06. The molecule has 0 radical (unpaired) electrons. The number of hydrogen-bond acceptors (Lipinski definition) is 2. The summed E-state index contributed by atoms with van der Waals surface area (Å²) in [7, 11) is 1.71. The molecule has 0 amide bonds. The molecule has 0 saturated heterocycles. The molecule has 1 atom stereocenters. The first kappa shape index (κ1) is 11.9. The van der Waals surface area contributed by atoms with E-state index in [4.69, 9.17) is 4.74 Å². The Morgan fingerprint density at radius 2 is 2.13 bits per heavy atom. The van der Waals surface area contributed by atoms with Gasteiger partial charge in [0.25, 0.3) is 0 Å². The molecule has 0 aliphatic heterocycles. The number of aryl methyl sites for hydroxylation is 1. The molecular weight excluding hydrogens is 186 g/mol. The van der Waals surface area contributed by atoms with Crippen molar-refractivity contribution in [2.75, 3.05) is 12.4 Å². The Hall–Kier alpha value is -1.18. The van der Waals surface area contributed by atoms with Crippen molar-refractivity contribution in [3.63, 3.8) is 0 Å². The molecule has 0 aromatic heterocycles. The van der Waals surface area contributed by atoms with Crippen molar-refractivity contribution in [3.8, 4) is 5.75 Å². The molecule has 0 aliphatic rings. The third-order valence-corrected chi connectivity index (χ3v) is 2.48. The van der Waals surface area contributed by atoms with Crippen LogP contribution < -0.4 is 10.1 Å². The Balaban J connectivity index is 2.77. The maximum atomic E-state index is 5.32. The van der Waals surface area contributed by atoms with Gasteiger partial charge in [0.15, 0.2) is 0 Å². The van der Waals surface area contributed by atoms with Gasteiger partial charge >= 0.3 is 0 Å². The van der Waals surface area contributed by atoms with Crippen molar-refractivity contribution in [2.45, 2.75) is 39.7 Å². The second kappa shape index (κ2) is 5.64. The van der Waals surface area contributed by atoms with Gasteiger partial charge in [0.1, 0.15) is 5.75 Å². The van der Waals surface area contributed by atoms with Crippen LogP contribution in [-0.2, 0) is 0 Å². The standard InChI is InChI=1S/C13H21NO/c1-5-6-11(3)14-12-9-10(2)7-8-13(12)15-4/h7-9,11,14H,5-6H2,1-4H3/t11-/m1/s1. The SMILES string of the molecule is CCC[C@@H](C)Nc1cc(C)ccc1OC. The highest BCUT2D eigenvalue weighted by Crippen LogP contribution is 2.26. The van der Waals surface area contributed by atoms with E-state index < -0.39 is 0 Å². The minimum atomic E-state index is 0.491. The molecule has 84 valence electrons. The zero-order valence-corrected chi connectivity index (χ0v) is 10.1. The summed E-state index contributed by atoms with van der Waals surface area (Å²) < 4.78 is 5.32. The van der Waals surface area contributed by atoms with Crippen LogP contribution in [0.5, 0.6) is 5.75 Å². The van der Waals surface area contributed by atoms with Crippen molar-refractivity contribution in [3.05, 3.63) is 23.8 Å². The Morgan fingerprint density at radius 1 is 1.40 bits per heavy atom. The fourth-order valence-electron chi connectivity index (χ4n) is 1.71. The quantitative estimate of drug-likeness (QED) is 0.796. The van der Waals surface area contributed by atoms with E-state index in [1.807, 2.05) is 6.07 Å². The van der Waals surface area contributed by atoms with Gasteiger partial charge in [0.05, 0.1) is 12.8 Å². The summed E-state index contributed by atoms with van der Waals surface area (Å²) in [6.45, 7) is 6.49. The number of rotatable bonds is 5. The molecule has 0 spiro atoms. The third-order valence-electron chi connectivity index (χ3n) is 2.48. The van der Waals surface area contributed by atoms with Crippen molar-refractivity contribution >= 4 is 5.69 Å². The summed E-state index contributed by atoms with van der Waals surface area (Å²) in [6, 6.07) is 6.70. The van der Waals surface area contributed by atoms with Crippen LogP contribution in [0, 0.1) is 6.92 Å². The highest BCUT2D eigenvalue weighted by atomic mass is 16.5. The number of methoxy groups -OCH3 is 1. The third kappa shape index (κ3) is 3.46. The van der Waals surface area contributed by atoms with Gasteiger partial charge in [-0.1, -0.05) is 19.4 Å². The van der Waals surface area contributed by atoms with Gasteiger partial charge < -0.3 is 10.1 Å². The first-order valence-corrected chi connectivity index (χ1v) is 5.58. The van der Waals surface area contributed by atoms with E-state index in [1.165, 1.54) is 18.4 Å². The van der Waals surface area contributed by atoms with Crippen LogP contribution in [-0.4, -0.2) is 13.2 Å². The van der Waals surface area contributed by atoms with Crippen LogP contribution in [0.3, 0.4) is 0 Å². The van der Waals surface area contributed by atoms with Crippen LogP contribution in [0.1, 0.15) is 32.3 Å². The van der Waals surface area contributed by atoms with E-state index >= 15 is 0 Å². The molecule has 15 heavy (non-hydrogen) atoms. The van der Waals surface area contributed by atoms with Crippen LogP contribution in [0.2, 0.25) is 0 Å². The van der Waals surface area contributed by atoms with Gasteiger partial charge in [-0.15, -0.1) is 0 Å². The van der Waals surface area contributed by atoms with Gasteiger partial charge in [0, 0.05) is 6.04 Å². The second-order valence-electron chi connectivity index (χ2n) is 4.04. The lowest BCUT2D eigenvalue weighted by Gasteiger charge is -2.17. The maximum absolute atomic E-state index is 5.32. The van der Waals surface area contributed by atoms with Crippen LogP contribution in [0.25, 0.3) is 0 Å². The predicted octanol–water partition coefficient (Wildman–Crippen LogP) is 3.60. The number of anilines is 1. The van der Waals surface area contributed by atoms with Gasteiger partial charge in [0.2, 0.25) is 0 Å². The fourth-order valence-corrected chi connectivity index (χ4v) is 1.71. The molecule has 1 N–H and O–H groups in total. The Labute approximate surface area is 92.6 Å². The van der Waals surface area contributed by atoms with Crippen molar-refractivity contribution < 1.29 is 4.74 Å².